The number of aromatic nitrogens is 3. The molecule has 2 aliphatic heterocycles. The molecule has 1 atom stereocenters. The number of para-hydroxylation sites is 1. The van der Waals surface area contributed by atoms with Gasteiger partial charge in [0.15, 0.2) is 0 Å². The van der Waals surface area contributed by atoms with Crippen molar-refractivity contribution in [3.8, 4) is 6.07 Å². The van der Waals surface area contributed by atoms with E-state index in [-0.39, 0.29) is 16.8 Å². The third-order valence-corrected chi connectivity index (χ3v) is 7.71. The van der Waals surface area contributed by atoms with E-state index in [4.69, 9.17) is 9.51 Å². The number of anilines is 1. The van der Waals surface area contributed by atoms with E-state index in [1.165, 1.54) is 12.3 Å². The number of benzene rings is 1. The van der Waals surface area contributed by atoms with Gasteiger partial charge in [0.1, 0.15) is 11.5 Å². The van der Waals surface area contributed by atoms with Crippen LogP contribution >= 0.6 is 0 Å². The van der Waals surface area contributed by atoms with E-state index in [9.17, 15) is 19.6 Å². The van der Waals surface area contributed by atoms with E-state index in [0.29, 0.717) is 24.9 Å². The van der Waals surface area contributed by atoms with Gasteiger partial charge >= 0.3 is 11.8 Å². The molecule has 11 heteroatoms. The summed E-state index contributed by atoms with van der Waals surface area (Å²) in [6.07, 6.45) is 5.49. The van der Waals surface area contributed by atoms with Crippen LogP contribution in [0.3, 0.4) is 0 Å². The first-order chi connectivity index (χ1) is 19.8. The van der Waals surface area contributed by atoms with Crippen molar-refractivity contribution in [2.45, 2.75) is 38.5 Å². The molecule has 3 aromatic heterocycles. The van der Waals surface area contributed by atoms with Crippen molar-refractivity contribution in [3.05, 3.63) is 64.2 Å². The molecule has 2 saturated heterocycles. The predicted octanol–water partition coefficient (Wildman–Crippen LogP) is 3.63. The van der Waals surface area contributed by atoms with Gasteiger partial charge in [-0.15, -0.1) is 0 Å². The van der Waals surface area contributed by atoms with Gasteiger partial charge in [0.25, 0.3) is 11.3 Å². The van der Waals surface area contributed by atoms with Crippen LogP contribution in [-0.2, 0) is 9.59 Å². The average Bonchev–Trinajstić information content (AvgIpc) is 3.36. The zero-order valence-corrected chi connectivity index (χ0v) is 23.2. The van der Waals surface area contributed by atoms with Gasteiger partial charge in [0.2, 0.25) is 0 Å². The van der Waals surface area contributed by atoms with Crippen LogP contribution in [0.25, 0.3) is 22.0 Å². The van der Waals surface area contributed by atoms with Crippen molar-refractivity contribution < 1.29 is 14.1 Å². The van der Waals surface area contributed by atoms with Gasteiger partial charge in [0, 0.05) is 24.4 Å². The van der Waals surface area contributed by atoms with E-state index in [1.807, 2.05) is 30.3 Å². The highest BCUT2D eigenvalue weighted by atomic mass is 16.5. The van der Waals surface area contributed by atoms with Crippen LogP contribution in [0, 0.1) is 17.2 Å². The molecule has 0 aliphatic carbocycles. The van der Waals surface area contributed by atoms with E-state index >= 15 is 0 Å². The molecule has 11 nitrogen and oxygen atoms in total. The summed E-state index contributed by atoms with van der Waals surface area (Å²) in [6, 6.07) is 13.8. The van der Waals surface area contributed by atoms with Crippen LogP contribution in [0.2, 0.25) is 0 Å². The Bertz CT molecular complexity index is 1660. The van der Waals surface area contributed by atoms with Crippen LogP contribution in [0.1, 0.15) is 49.8 Å². The number of hydrogen-bond donors (Lipinski definition) is 2. The summed E-state index contributed by atoms with van der Waals surface area (Å²) in [4.78, 5) is 48.2. The van der Waals surface area contributed by atoms with Gasteiger partial charge in [-0.3, -0.25) is 19.4 Å². The van der Waals surface area contributed by atoms with Gasteiger partial charge in [-0.05, 0) is 69.9 Å². The number of fused-ring (bicyclic) bond motifs is 2. The quantitative estimate of drug-likeness (QED) is 0.356. The first-order valence-electron chi connectivity index (χ1n) is 13.9. The minimum atomic E-state index is -0.727. The Morgan fingerprint density at radius 1 is 1.15 bits per heavy atom. The Labute approximate surface area is 237 Å². The zero-order valence-electron chi connectivity index (χ0n) is 23.2. The Kier molecular flexibility index (Phi) is 8.40. The SMILES string of the molecule is CC1CCCN(C(=O)C(=O)Nc2cnc3o[nH]c(=O)c3c2)C1.CN1CCC(c2nc3ccccc3cc2C#N)CC1. The zero-order chi connectivity index (χ0) is 28.9. The fourth-order valence-electron chi connectivity index (χ4n) is 5.43. The minimum absolute atomic E-state index is 0.152. The Hall–Kier alpha value is -4.56. The minimum Gasteiger partial charge on any atom is -0.358 e. The number of likely N-dealkylation sites (tertiary alicyclic amines) is 2. The molecule has 0 radical (unpaired) electrons. The standard InChI is InChI=1S/C16H17N3.C14H16N4O4/c1-19-8-6-12(7-9-19)16-14(11-17)10-13-4-2-3-5-15(13)18-16;1-8-3-2-4-18(7-8)14(21)12(20)16-9-5-10-11(19)17-22-13(10)15-6-9/h2-5,10,12H,6-9H2,1H3;5-6,8H,2-4,7H2,1H3,(H,16,20)(H,17,19). The van der Waals surface area contributed by atoms with E-state index < -0.39 is 17.4 Å². The lowest BCUT2D eigenvalue weighted by atomic mass is 9.90. The van der Waals surface area contributed by atoms with Gasteiger partial charge in [-0.25, -0.2) is 4.98 Å². The number of hydrogen-bond acceptors (Lipinski definition) is 8. The Balaban J connectivity index is 0.000000166. The fraction of sp³-hybridized carbons (Fsp3) is 0.400. The Morgan fingerprint density at radius 2 is 1.93 bits per heavy atom. The van der Waals surface area contributed by atoms with Crippen molar-refractivity contribution in [3.63, 3.8) is 0 Å². The first kappa shape index (κ1) is 28.0. The number of carbonyl (C=O) groups excluding carboxylic acids is 2. The molecule has 41 heavy (non-hydrogen) atoms. The number of rotatable bonds is 2. The summed E-state index contributed by atoms with van der Waals surface area (Å²) >= 11 is 0. The molecule has 0 bridgehead atoms. The summed E-state index contributed by atoms with van der Waals surface area (Å²) in [5, 5.41) is 15.3. The monoisotopic (exact) mass is 555 g/mol. The third kappa shape index (κ3) is 6.44. The number of nitrogens with zero attached hydrogens (tertiary/aromatic N) is 5. The summed E-state index contributed by atoms with van der Waals surface area (Å²) < 4.78 is 4.83. The van der Waals surface area contributed by atoms with Crippen molar-refractivity contribution in [1.82, 2.24) is 24.9 Å². The highest BCUT2D eigenvalue weighted by Crippen LogP contribution is 2.30. The van der Waals surface area contributed by atoms with E-state index in [0.717, 1.165) is 60.9 Å². The van der Waals surface area contributed by atoms with Crippen LogP contribution in [0.4, 0.5) is 5.69 Å². The number of H-pyrrole nitrogens is 1. The third-order valence-electron chi connectivity index (χ3n) is 7.71. The molecule has 4 aromatic rings. The van der Waals surface area contributed by atoms with Crippen LogP contribution in [0.15, 0.2) is 51.9 Å². The maximum Gasteiger partial charge on any atom is 0.313 e. The van der Waals surface area contributed by atoms with Crippen LogP contribution in [-0.4, -0.2) is 70.0 Å². The molecule has 0 saturated carbocycles. The highest BCUT2D eigenvalue weighted by Gasteiger charge is 2.26. The lowest BCUT2D eigenvalue weighted by molar-refractivity contribution is -0.144. The molecule has 2 fully saturated rings. The fourth-order valence-corrected chi connectivity index (χ4v) is 5.43. The molecule has 0 spiro atoms. The summed E-state index contributed by atoms with van der Waals surface area (Å²) in [7, 11) is 2.15. The molecule has 1 unspecified atom stereocenters. The number of carbonyl (C=O) groups is 2. The second-order valence-electron chi connectivity index (χ2n) is 10.9. The largest absolute Gasteiger partial charge is 0.358 e. The Morgan fingerprint density at radius 3 is 2.68 bits per heavy atom. The normalized spacial score (nSPS) is 18.0. The van der Waals surface area contributed by atoms with Gasteiger partial charge in [-0.2, -0.15) is 10.4 Å². The van der Waals surface area contributed by atoms with Crippen molar-refractivity contribution in [1.29, 1.82) is 5.26 Å². The van der Waals surface area contributed by atoms with Crippen molar-refractivity contribution in [2.75, 3.05) is 38.5 Å². The van der Waals surface area contributed by atoms with Crippen LogP contribution < -0.4 is 10.9 Å². The molecule has 2 N–H and O–H groups in total. The average molecular weight is 556 g/mol. The van der Waals surface area contributed by atoms with Crippen LogP contribution in [0.5, 0.6) is 0 Å². The molecule has 5 heterocycles. The molecular formula is C30H33N7O4. The van der Waals surface area contributed by atoms with Gasteiger partial charge in [0.05, 0.1) is 28.7 Å². The second-order valence-corrected chi connectivity index (χ2v) is 10.9. The summed E-state index contributed by atoms with van der Waals surface area (Å²) in [5.74, 6) is -0.466. The molecule has 1 aromatic carbocycles. The smallest absolute Gasteiger partial charge is 0.313 e. The van der Waals surface area contributed by atoms with Crippen molar-refractivity contribution >= 4 is 39.5 Å². The number of aromatic amines is 1. The number of nitrogens with one attached hydrogen (secondary N) is 2. The van der Waals surface area contributed by atoms with Crippen molar-refractivity contribution in [2.24, 2.45) is 5.92 Å². The highest BCUT2D eigenvalue weighted by molar-refractivity contribution is 6.39. The van der Waals surface area contributed by atoms with Gasteiger partial charge in [-0.1, -0.05) is 25.1 Å². The molecule has 6 rings (SSSR count). The maximum absolute atomic E-state index is 12.1. The lowest BCUT2D eigenvalue weighted by Gasteiger charge is -2.30. The second kappa shape index (κ2) is 12.3. The molecule has 2 aliphatic rings. The molecule has 2 amide bonds. The first-order valence-corrected chi connectivity index (χ1v) is 13.9. The molecular weight excluding hydrogens is 522 g/mol. The lowest BCUT2D eigenvalue weighted by Crippen LogP contribution is -2.44. The number of piperidine rings is 2. The number of nitriles is 1. The molecule has 212 valence electrons. The summed E-state index contributed by atoms with van der Waals surface area (Å²) in [5.41, 5.74) is 2.73. The van der Waals surface area contributed by atoms with E-state index in [2.05, 4.69) is 40.4 Å². The summed E-state index contributed by atoms with van der Waals surface area (Å²) in [6.45, 7) is 5.41. The van der Waals surface area contributed by atoms with E-state index in [1.54, 1.807) is 4.90 Å². The van der Waals surface area contributed by atoms with Gasteiger partial charge < -0.3 is 19.6 Å². The number of pyridine rings is 2. The predicted molar refractivity (Wildman–Crippen MR) is 154 cm³/mol. The maximum atomic E-state index is 12.1. The topological polar surface area (TPSA) is 148 Å². The number of amides is 2.